The molecule has 0 aliphatic rings. The Balaban J connectivity index is 4.18. The van der Waals surface area contributed by atoms with Crippen LogP contribution >= 0.6 is 7.82 Å². The molecule has 0 bridgehead atoms. The summed E-state index contributed by atoms with van der Waals surface area (Å²) in [6.45, 7) is 7.06. The lowest BCUT2D eigenvalue weighted by molar-refractivity contribution is 0.0900. The van der Waals surface area contributed by atoms with Gasteiger partial charge in [0.1, 0.15) is 0 Å². The highest BCUT2D eigenvalue weighted by molar-refractivity contribution is 7.47. The zero-order valence-corrected chi connectivity index (χ0v) is 25.0. The van der Waals surface area contributed by atoms with Crippen molar-refractivity contribution in [2.75, 3.05) is 6.61 Å². The summed E-state index contributed by atoms with van der Waals surface area (Å²) < 4.78 is 23.6. The van der Waals surface area contributed by atoms with Gasteiger partial charge in [0.2, 0.25) is 0 Å². The van der Waals surface area contributed by atoms with Crippen LogP contribution in [0.2, 0.25) is 0 Å². The Morgan fingerprint density at radius 2 is 0.829 bits per heavy atom. The van der Waals surface area contributed by atoms with E-state index in [0.717, 1.165) is 38.5 Å². The third kappa shape index (κ3) is 27.0. The Labute approximate surface area is 220 Å². The topological polar surface area (TPSA) is 55.8 Å². The monoisotopic (exact) mass is 518 g/mol. The molecule has 1 N–H and O–H groups in total. The van der Waals surface area contributed by atoms with Gasteiger partial charge in [-0.25, -0.2) is 4.57 Å². The molecule has 0 rings (SSSR count). The highest BCUT2D eigenvalue weighted by atomic mass is 31.2. The van der Waals surface area contributed by atoms with Crippen molar-refractivity contribution in [2.24, 2.45) is 0 Å². The standard InChI is InChI=1S/C30H63O4P/c1-4-7-10-13-16-19-22-25-28-30(27-24-21-18-15-12-9-6-3)34-35(31,32)33-29-26-23-20-17-14-11-8-5-2/h30H,4-29H2,1-3H3,(H,31,32). The second-order valence-corrected chi connectivity index (χ2v) is 12.1. The summed E-state index contributed by atoms with van der Waals surface area (Å²) >= 11 is 0. The van der Waals surface area contributed by atoms with Crippen molar-refractivity contribution in [1.82, 2.24) is 0 Å². The first-order valence-electron chi connectivity index (χ1n) is 15.7. The van der Waals surface area contributed by atoms with Crippen molar-refractivity contribution < 1.29 is 18.5 Å². The number of rotatable bonds is 29. The molecule has 2 atom stereocenters. The molecule has 0 heterocycles. The van der Waals surface area contributed by atoms with Gasteiger partial charge in [-0.1, -0.05) is 162 Å². The summed E-state index contributed by atoms with van der Waals surface area (Å²) in [7, 11) is -3.96. The van der Waals surface area contributed by atoms with Gasteiger partial charge < -0.3 is 4.89 Å². The van der Waals surface area contributed by atoms with E-state index in [1.165, 1.54) is 122 Å². The molecular weight excluding hydrogens is 455 g/mol. The van der Waals surface area contributed by atoms with Gasteiger partial charge >= 0.3 is 7.82 Å². The normalized spacial score (nSPS) is 14.3. The van der Waals surface area contributed by atoms with Crippen molar-refractivity contribution >= 4 is 7.82 Å². The van der Waals surface area contributed by atoms with Gasteiger partial charge in [0.15, 0.2) is 0 Å². The van der Waals surface area contributed by atoms with Crippen molar-refractivity contribution in [3.63, 3.8) is 0 Å². The molecule has 2 unspecified atom stereocenters. The zero-order chi connectivity index (χ0) is 25.9. The van der Waals surface area contributed by atoms with Gasteiger partial charge in [-0.2, -0.15) is 0 Å². The predicted octanol–water partition coefficient (Wildman–Crippen LogP) is 11.3. The Morgan fingerprint density at radius 1 is 0.514 bits per heavy atom. The Bertz CT molecular complexity index is 458. The Morgan fingerprint density at radius 3 is 1.20 bits per heavy atom. The molecule has 35 heavy (non-hydrogen) atoms. The van der Waals surface area contributed by atoms with Crippen molar-refractivity contribution in [3.8, 4) is 0 Å². The molecule has 0 saturated heterocycles. The second-order valence-electron chi connectivity index (χ2n) is 10.7. The number of phosphoric acid groups is 1. The molecule has 0 saturated carbocycles. The third-order valence-electron chi connectivity index (χ3n) is 7.04. The van der Waals surface area contributed by atoms with E-state index >= 15 is 0 Å². The fourth-order valence-corrected chi connectivity index (χ4v) is 5.73. The van der Waals surface area contributed by atoms with Crippen LogP contribution in [0.3, 0.4) is 0 Å². The van der Waals surface area contributed by atoms with Crippen LogP contribution in [0.4, 0.5) is 0 Å². The minimum Gasteiger partial charge on any atom is -0.302 e. The summed E-state index contributed by atoms with van der Waals surface area (Å²) in [6, 6.07) is 0. The van der Waals surface area contributed by atoms with E-state index in [-0.39, 0.29) is 6.10 Å². The van der Waals surface area contributed by atoms with E-state index in [9.17, 15) is 9.46 Å². The summed E-state index contributed by atoms with van der Waals surface area (Å²) in [6.07, 6.45) is 30.1. The lowest BCUT2D eigenvalue weighted by Crippen LogP contribution is -2.13. The van der Waals surface area contributed by atoms with Crippen LogP contribution < -0.4 is 0 Å². The summed E-state index contributed by atoms with van der Waals surface area (Å²) in [5, 5.41) is 0. The summed E-state index contributed by atoms with van der Waals surface area (Å²) in [5.74, 6) is 0. The Hall–Kier alpha value is 0.110. The molecule has 0 amide bonds. The average Bonchev–Trinajstić information content (AvgIpc) is 2.83. The van der Waals surface area contributed by atoms with Crippen LogP contribution in [-0.2, 0) is 13.6 Å². The van der Waals surface area contributed by atoms with E-state index in [4.69, 9.17) is 9.05 Å². The van der Waals surface area contributed by atoms with Crippen LogP contribution in [0, 0.1) is 0 Å². The first-order valence-corrected chi connectivity index (χ1v) is 17.2. The fourth-order valence-electron chi connectivity index (χ4n) is 4.72. The third-order valence-corrected chi connectivity index (χ3v) is 8.12. The van der Waals surface area contributed by atoms with Crippen molar-refractivity contribution in [1.29, 1.82) is 0 Å². The van der Waals surface area contributed by atoms with Crippen LogP contribution in [0.1, 0.15) is 181 Å². The molecule has 0 aliphatic heterocycles. The lowest BCUT2D eigenvalue weighted by atomic mass is 10.0. The lowest BCUT2D eigenvalue weighted by Gasteiger charge is -2.21. The number of unbranched alkanes of at least 4 members (excludes halogenated alkanes) is 20. The van der Waals surface area contributed by atoms with Gasteiger partial charge in [-0.15, -0.1) is 0 Å². The number of phosphoric ester groups is 1. The Kier molecular flexibility index (Phi) is 27.2. The van der Waals surface area contributed by atoms with Crippen LogP contribution in [0.15, 0.2) is 0 Å². The van der Waals surface area contributed by atoms with Crippen molar-refractivity contribution in [3.05, 3.63) is 0 Å². The van der Waals surface area contributed by atoms with Crippen LogP contribution in [0.5, 0.6) is 0 Å². The van der Waals surface area contributed by atoms with E-state index in [2.05, 4.69) is 20.8 Å². The highest BCUT2D eigenvalue weighted by Gasteiger charge is 2.26. The molecular formula is C30H63O4P. The van der Waals surface area contributed by atoms with Gasteiger partial charge in [-0.05, 0) is 19.3 Å². The maximum Gasteiger partial charge on any atom is 0.472 e. The average molecular weight is 519 g/mol. The summed E-state index contributed by atoms with van der Waals surface area (Å²) in [4.78, 5) is 10.3. The van der Waals surface area contributed by atoms with E-state index < -0.39 is 7.82 Å². The van der Waals surface area contributed by atoms with E-state index in [1.54, 1.807) is 0 Å². The highest BCUT2D eigenvalue weighted by Crippen LogP contribution is 2.46. The molecule has 0 aromatic carbocycles. The maximum absolute atomic E-state index is 12.6. The molecule has 0 aromatic rings. The molecule has 4 nitrogen and oxygen atoms in total. The minimum atomic E-state index is -3.96. The smallest absolute Gasteiger partial charge is 0.302 e. The van der Waals surface area contributed by atoms with E-state index in [1.807, 2.05) is 0 Å². The van der Waals surface area contributed by atoms with Crippen LogP contribution in [-0.4, -0.2) is 17.6 Å². The first-order chi connectivity index (χ1) is 17.1. The fraction of sp³-hybridized carbons (Fsp3) is 1.00. The van der Waals surface area contributed by atoms with E-state index in [0.29, 0.717) is 6.61 Å². The molecule has 5 heteroatoms. The van der Waals surface area contributed by atoms with Gasteiger partial charge in [0, 0.05) is 0 Å². The van der Waals surface area contributed by atoms with Gasteiger partial charge in [-0.3, -0.25) is 9.05 Å². The minimum absolute atomic E-state index is 0.153. The molecule has 0 radical (unpaired) electrons. The molecule has 0 spiro atoms. The number of hydrogen-bond donors (Lipinski definition) is 1. The summed E-state index contributed by atoms with van der Waals surface area (Å²) in [5.41, 5.74) is 0. The SMILES string of the molecule is CCCCCCCCCCOP(=O)(O)OC(CCCCCCCCC)CCCCCCCCCC. The molecule has 0 aromatic heterocycles. The van der Waals surface area contributed by atoms with Gasteiger partial charge in [0.05, 0.1) is 12.7 Å². The van der Waals surface area contributed by atoms with Gasteiger partial charge in [0.25, 0.3) is 0 Å². The molecule has 0 fully saturated rings. The maximum atomic E-state index is 12.6. The molecule has 212 valence electrons. The molecule has 0 aliphatic carbocycles. The van der Waals surface area contributed by atoms with Crippen LogP contribution in [0.25, 0.3) is 0 Å². The predicted molar refractivity (Wildman–Crippen MR) is 153 cm³/mol. The number of hydrogen-bond acceptors (Lipinski definition) is 3. The first kappa shape index (κ1) is 35.1. The zero-order valence-electron chi connectivity index (χ0n) is 24.1. The quantitative estimate of drug-likeness (QED) is 0.0790. The largest absolute Gasteiger partial charge is 0.472 e. The van der Waals surface area contributed by atoms with Crippen molar-refractivity contribution in [2.45, 2.75) is 187 Å². The second kappa shape index (κ2) is 27.2.